The van der Waals surface area contributed by atoms with Crippen molar-refractivity contribution in [3.8, 4) is 0 Å². The van der Waals surface area contributed by atoms with Crippen LogP contribution in [0.5, 0.6) is 0 Å². The Morgan fingerprint density at radius 1 is 1.50 bits per heavy atom. The van der Waals surface area contributed by atoms with Crippen molar-refractivity contribution in [3.63, 3.8) is 0 Å². The summed E-state index contributed by atoms with van der Waals surface area (Å²) in [5, 5.41) is 2.96. The third kappa shape index (κ3) is 1.91. The van der Waals surface area contributed by atoms with Crippen molar-refractivity contribution in [2.45, 2.75) is 24.3 Å². The van der Waals surface area contributed by atoms with Crippen LogP contribution in [0.15, 0.2) is 24.3 Å². The van der Waals surface area contributed by atoms with E-state index in [0.29, 0.717) is 32.1 Å². The molecule has 1 saturated heterocycles. The highest BCUT2D eigenvalue weighted by Crippen LogP contribution is 2.34. The fourth-order valence-electron chi connectivity index (χ4n) is 2.70. The van der Waals surface area contributed by atoms with Gasteiger partial charge in [-0.1, -0.05) is 24.3 Å². The van der Waals surface area contributed by atoms with Gasteiger partial charge in [0.15, 0.2) is 0 Å². The van der Waals surface area contributed by atoms with Gasteiger partial charge in [0.05, 0.1) is 6.61 Å². The largest absolute Gasteiger partial charge is 0.379 e. The van der Waals surface area contributed by atoms with Crippen molar-refractivity contribution < 1.29 is 9.53 Å². The first-order chi connectivity index (χ1) is 8.69. The summed E-state index contributed by atoms with van der Waals surface area (Å²) in [7, 11) is 0. The number of nitrogens with one attached hydrogen (secondary N) is 1. The van der Waals surface area contributed by atoms with Gasteiger partial charge in [0, 0.05) is 19.1 Å². The van der Waals surface area contributed by atoms with Gasteiger partial charge in [-0.15, -0.1) is 0 Å². The number of ether oxygens (including phenoxy) is 1. The van der Waals surface area contributed by atoms with Crippen molar-refractivity contribution in [1.82, 2.24) is 5.32 Å². The molecule has 0 aromatic heterocycles. The SMILES string of the molecule is NC1(C(=O)NCC2Cc3ccccc32)CCOC1. The second-order valence-electron chi connectivity index (χ2n) is 5.27. The van der Waals surface area contributed by atoms with Gasteiger partial charge in [0.2, 0.25) is 5.91 Å². The van der Waals surface area contributed by atoms with Crippen LogP contribution in [-0.2, 0) is 16.0 Å². The first-order valence-corrected chi connectivity index (χ1v) is 6.42. The molecule has 0 radical (unpaired) electrons. The molecule has 1 amide bonds. The Hall–Kier alpha value is -1.39. The van der Waals surface area contributed by atoms with Crippen molar-refractivity contribution in [2.75, 3.05) is 19.8 Å². The third-order valence-corrected chi connectivity index (χ3v) is 3.97. The summed E-state index contributed by atoms with van der Waals surface area (Å²) in [6.45, 7) is 1.59. The first kappa shape index (κ1) is 11.7. The van der Waals surface area contributed by atoms with E-state index in [1.165, 1.54) is 11.1 Å². The van der Waals surface area contributed by atoms with Crippen molar-refractivity contribution in [1.29, 1.82) is 0 Å². The molecule has 1 aliphatic heterocycles. The van der Waals surface area contributed by atoms with Gasteiger partial charge in [0.25, 0.3) is 0 Å². The summed E-state index contributed by atoms with van der Waals surface area (Å²) in [6, 6.07) is 8.37. The molecule has 2 aliphatic rings. The molecule has 3 rings (SSSR count). The van der Waals surface area contributed by atoms with E-state index in [1.807, 2.05) is 6.07 Å². The van der Waals surface area contributed by atoms with Crippen molar-refractivity contribution >= 4 is 5.91 Å². The molecule has 1 aromatic rings. The summed E-state index contributed by atoms with van der Waals surface area (Å²) in [6.07, 6.45) is 1.66. The Morgan fingerprint density at radius 2 is 2.33 bits per heavy atom. The quantitative estimate of drug-likeness (QED) is 0.819. The molecule has 4 nitrogen and oxygen atoms in total. The van der Waals surface area contributed by atoms with Crippen LogP contribution < -0.4 is 11.1 Å². The highest BCUT2D eigenvalue weighted by molar-refractivity contribution is 5.86. The van der Waals surface area contributed by atoms with Crippen LogP contribution in [0.1, 0.15) is 23.5 Å². The molecule has 3 N–H and O–H groups in total. The molecule has 1 aromatic carbocycles. The number of nitrogens with two attached hydrogens (primary N) is 1. The number of rotatable bonds is 3. The zero-order valence-electron chi connectivity index (χ0n) is 10.3. The lowest BCUT2D eigenvalue weighted by Gasteiger charge is -2.31. The topological polar surface area (TPSA) is 64.4 Å². The Bertz CT molecular complexity index is 467. The van der Waals surface area contributed by atoms with Gasteiger partial charge in [-0.05, 0) is 24.0 Å². The molecule has 0 spiro atoms. The lowest BCUT2D eigenvalue weighted by Crippen LogP contribution is -2.55. The van der Waals surface area contributed by atoms with Crippen LogP contribution in [0, 0.1) is 0 Å². The van der Waals surface area contributed by atoms with Gasteiger partial charge in [-0.3, -0.25) is 4.79 Å². The minimum Gasteiger partial charge on any atom is -0.379 e. The van der Waals surface area contributed by atoms with Crippen LogP contribution in [0.2, 0.25) is 0 Å². The lowest BCUT2D eigenvalue weighted by atomic mass is 9.77. The summed E-state index contributed by atoms with van der Waals surface area (Å²) in [5.41, 5.74) is 7.93. The molecule has 18 heavy (non-hydrogen) atoms. The Labute approximate surface area is 107 Å². The number of hydrogen-bond donors (Lipinski definition) is 2. The van der Waals surface area contributed by atoms with E-state index in [1.54, 1.807) is 0 Å². The van der Waals surface area contributed by atoms with E-state index in [-0.39, 0.29) is 5.91 Å². The molecule has 1 aliphatic carbocycles. The van der Waals surface area contributed by atoms with Crippen LogP contribution in [0.25, 0.3) is 0 Å². The van der Waals surface area contributed by atoms with Gasteiger partial charge in [-0.25, -0.2) is 0 Å². The summed E-state index contributed by atoms with van der Waals surface area (Å²) in [4.78, 5) is 12.0. The number of carbonyl (C=O) groups excluding carboxylic acids is 1. The monoisotopic (exact) mass is 246 g/mol. The van der Waals surface area contributed by atoms with Gasteiger partial charge in [0.1, 0.15) is 5.54 Å². The Morgan fingerprint density at radius 3 is 3.06 bits per heavy atom. The zero-order valence-corrected chi connectivity index (χ0v) is 10.3. The number of hydrogen-bond acceptors (Lipinski definition) is 3. The molecule has 2 unspecified atom stereocenters. The first-order valence-electron chi connectivity index (χ1n) is 6.42. The minimum atomic E-state index is -0.816. The van der Waals surface area contributed by atoms with Crippen LogP contribution in [0.3, 0.4) is 0 Å². The summed E-state index contributed by atoms with van der Waals surface area (Å²) < 4.78 is 5.20. The Kier molecular flexibility index (Phi) is 2.84. The number of amides is 1. The standard InChI is InChI=1S/C14H18N2O2/c15-14(5-6-18-9-14)13(17)16-8-11-7-10-3-1-2-4-12(10)11/h1-4,11H,5-9,15H2,(H,16,17). The van der Waals surface area contributed by atoms with Crippen LogP contribution >= 0.6 is 0 Å². The van der Waals surface area contributed by atoms with E-state index < -0.39 is 5.54 Å². The van der Waals surface area contributed by atoms with E-state index in [9.17, 15) is 4.79 Å². The number of carbonyl (C=O) groups is 1. The fourth-order valence-corrected chi connectivity index (χ4v) is 2.70. The maximum Gasteiger partial charge on any atom is 0.242 e. The van der Waals surface area contributed by atoms with E-state index in [4.69, 9.17) is 10.5 Å². The zero-order chi connectivity index (χ0) is 12.6. The van der Waals surface area contributed by atoms with Crippen LogP contribution in [-0.4, -0.2) is 31.2 Å². The second-order valence-corrected chi connectivity index (χ2v) is 5.27. The smallest absolute Gasteiger partial charge is 0.242 e. The van der Waals surface area contributed by atoms with E-state index >= 15 is 0 Å². The molecule has 96 valence electrons. The van der Waals surface area contributed by atoms with Gasteiger partial charge < -0.3 is 15.8 Å². The van der Waals surface area contributed by atoms with E-state index in [2.05, 4.69) is 23.5 Å². The van der Waals surface area contributed by atoms with E-state index in [0.717, 1.165) is 6.42 Å². The average molecular weight is 246 g/mol. The van der Waals surface area contributed by atoms with Gasteiger partial charge >= 0.3 is 0 Å². The molecular weight excluding hydrogens is 228 g/mol. The maximum atomic E-state index is 12.0. The molecular formula is C14H18N2O2. The summed E-state index contributed by atoms with van der Waals surface area (Å²) >= 11 is 0. The molecule has 0 bridgehead atoms. The number of fused-ring (bicyclic) bond motifs is 1. The molecule has 1 fully saturated rings. The minimum absolute atomic E-state index is 0.0793. The highest BCUT2D eigenvalue weighted by atomic mass is 16.5. The average Bonchev–Trinajstić information content (AvgIpc) is 2.78. The van der Waals surface area contributed by atoms with Gasteiger partial charge in [-0.2, -0.15) is 0 Å². The molecule has 2 atom stereocenters. The molecule has 0 saturated carbocycles. The third-order valence-electron chi connectivity index (χ3n) is 3.97. The Balaban J connectivity index is 1.56. The normalized spacial score (nSPS) is 29.5. The molecule has 1 heterocycles. The van der Waals surface area contributed by atoms with Crippen molar-refractivity contribution in [3.05, 3.63) is 35.4 Å². The number of benzene rings is 1. The summed E-state index contributed by atoms with van der Waals surface area (Å²) in [5.74, 6) is 0.362. The van der Waals surface area contributed by atoms with Crippen LogP contribution in [0.4, 0.5) is 0 Å². The second kappa shape index (κ2) is 4.37. The molecule has 4 heteroatoms. The predicted octanol–water partition coefficient (Wildman–Crippen LogP) is 0.560. The van der Waals surface area contributed by atoms with Crippen molar-refractivity contribution in [2.24, 2.45) is 5.73 Å². The highest BCUT2D eigenvalue weighted by Gasteiger charge is 2.38. The maximum absolute atomic E-state index is 12.0. The fraction of sp³-hybridized carbons (Fsp3) is 0.500. The predicted molar refractivity (Wildman–Crippen MR) is 68.3 cm³/mol. The lowest BCUT2D eigenvalue weighted by molar-refractivity contribution is -0.126.